The summed E-state index contributed by atoms with van der Waals surface area (Å²) in [7, 11) is 1.79. The number of hydrogen-bond donors (Lipinski definition) is 1. The monoisotopic (exact) mass is 236 g/mol. The lowest BCUT2D eigenvalue weighted by molar-refractivity contribution is 0.621. The molecule has 0 aliphatic carbocycles. The molecule has 1 N–H and O–H groups in total. The van der Waals surface area contributed by atoms with Crippen molar-refractivity contribution in [2.45, 2.75) is 6.54 Å². The molecule has 0 unspecified atom stereocenters. The fourth-order valence-corrected chi connectivity index (χ4v) is 2.41. The Bertz CT molecular complexity index is 615. The van der Waals surface area contributed by atoms with E-state index >= 15 is 0 Å². The minimum Gasteiger partial charge on any atom is -0.318 e. The van der Waals surface area contributed by atoms with Gasteiger partial charge in [0.15, 0.2) is 0 Å². The Balaban J connectivity index is 2.66. The molecule has 1 heterocycles. The second-order valence-electron chi connectivity index (χ2n) is 3.42. The summed E-state index contributed by atoms with van der Waals surface area (Å²) in [5.74, 6) is 0. The van der Waals surface area contributed by atoms with Crippen LogP contribution in [0.1, 0.15) is 0 Å². The van der Waals surface area contributed by atoms with Gasteiger partial charge in [0.25, 0.3) is 5.56 Å². The van der Waals surface area contributed by atoms with Crippen molar-refractivity contribution in [1.82, 2.24) is 9.88 Å². The van der Waals surface area contributed by atoms with Crippen molar-refractivity contribution < 1.29 is 0 Å². The van der Waals surface area contributed by atoms with Crippen LogP contribution in [-0.4, -0.2) is 18.2 Å². The number of likely N-dealkylation sites (N-methyl/N-ethyl adjacent to an activating group) is 1. The average Bonchev–Trinajstić information content (AvgIpc) is 2.29. The van der Waals surface area contributed by atoms with Crippen LogP contribution < -0.4 is 15.7 Å². The van der Waals surface area contributed by atoms with Crippen molar-refractivity contribution in [1.29, 1.82) is 0 Å². The van der Waals surface area contributed by atoms with Gasteiger partial charge in [0.1, 0.15) is 0 Å². The Morgan fingerprint density at radius 3 is 2.81 bits per heavy atom. The number of nitrogens with zero attached hydrogens (tertiary/aromatic N) is 1. The normalized spacial score (nSPS) is 10.8. The van der Waals surface area contributed by atoms with Crippen LogP contribution in [0.15, 0.2) is 33.9 Å². The maximum Gasteiger partial charge on any atom is 0.310 e. The molecule has 0 aliphatic heterocycles. The van der Waals surface area contributed by atoms with Gasteiger partial charge in [-0.25, -0.2) is 0 Å². The van der Waals surface area contributed by atoms with Gasteiger partial charge in [-0.1, -0.05) is 23.5 Å². The Morgan fingerprint density at radius 2 is 2.06 bits per heavy atom. The third-order valence-electron chi connectivity index (χ3n) is 2.37. The number of hydrogen-bond acceptors (Lipinski definition) is 4. The lowest BCUT2D eigenvalue weighted by atomic mass is 10.3. The van der Waals surface area contributed by atoms with Gasteiger partial charge in [-0.3, -0.25) is 14.2 Å². The van der Waals surface area contributed by atoms with Crippen molar-refractivity contribution in [3.63, 3.8) is 0 Å². The summed E-state index contributed by atoms with van der Waals surface area (Å²) < 4.78 is 2.03. The van der Waals surface area contributed by atoms with Crippen LogP contribution in [0.3, 0.4) is 0 Å². The maximum absolute atomic E-state index is 12.0. The van der Waals surface area contributed by atoms with E-state index in [0.29, 0.717) is 18.5 Å². The topological polar surface area (TPSA) is 51.1 Å². The van der Waals surface area contributed by atoms with Gasteiger partial charge < -0.3 is 5.32 Å². The largest absolute Gasteiger partial charge is 0.318 e. The van der Waals surface area contributed by atoms with E-state index in [1.165, 1.54) is 4.57 Å². The number of fused-ring (bicyclic) bond motifs is 1. The number of benzene rings is 1. The van der Waals surface area contributed by atoms with Crippen molar-refractivity contribution >= 4 is 21.4 Å². The molecule has 0 saturated heterocycles. The maximum atomic E-state index is 12.0. The molecule has 0 radical (unpaired) electrons. The third-order valence-corrected chi connectivity index (χ3v) is 3.34. The SMILES string of the molecule is CNCCn1c(=O)sc2ccccc2c1=O. The number of nitrogens with one attached hydrogen (secondary N) is 1. The summed E-state index contributed by atoms with van der Waals surface area (Å²) in [4.78, 5) is 23.5. The zero-order valence-electron chi connectivity index (χ0n) is 8.90. The van der Waals surface area contributed by atoms with E-state index in [9.17, 15) is 9.59 Å². The first-order chi connectivity index (χ1) is 7.74. The molecule has 16 heavy (non-hydrogen) atoms. The summed E-state index contributed by atoms with van der Waals surface area (Å²) in [5.41, 5.74) is -0.199. The van der Waals surface area contributed by atoms with Crippen LogP contribution in [0.5, 0.6) is 0 Å². The Kier molecular flexibility index (Phi) is 3.17. The van der Waals surface area contributed by atoms with Crippen molar-refractivity contribution in [2.75, 3.05) is 13.6 Å². The van der Waals surface area contributed by atoms with E-state index in [4.69, 9.17) is 0 Å². The van der Waals surface area contributed by atoms with Gasteiger partial charge in [0.05, 0.1) is 5.39 Å². The van der Waals surface area contributed by atoms with Gasteiger partial charge in [0.2, 0.25) is 0 Å². The number of aromatic nitrogens is 1. The van der Waals surface area contributed by atoms with Crippen molar-refractivity contribution in [3.05, 3.63) is 44.3 Å². The van der Waals surface area contributed by atoms with E-state index in [1.54, 1.807) is 19.2 Å². The Labute approximate surface area is 96.2 Å². The van der Waals surface area contributed by atoms with E-state index in [0.717, 1.165) is 16.0 Å². The summed E-state index contributed by atoms with van der Waals surface area (Å²) in [6.45, 7) is 1.02. The van der Waals surface area contributed by atoms with Crippen LogP contribution >= 0.6 is 11.3 Å². The van der Waals surface area contributed by atoms with Crippen LogP contribution in [0.4, 0.5) is 0 Å². The molecule has 0 amide bonds. The molecule has 0 bridgehead atoms. The van der Waals surface area contributed by atoms with E-state index in [1.807, 2.05) is 12.1 Å². The molecule has 0 atom stereocenters. The predicted molar refractivity (Wildman–Crippen MR) is 66.3 cm³/mol. The number of rotatable bonds is 3. The van der Waals surface area contributed by atoms with Gasteiger partial charge in [-0.2, -0.15) is 0 Å². The lowest BCUT2D eigenvalue weighted by Gasteiger charge is -2.04. The van der Waals surface area contributed by atoms with Gasteiger partial charge in [-0.15, -0.1) is 0 Å². The highest BCUT2D eigenvalue weighted by molar-refractivity contribution is 7.16. The van der Waals surface area contributed by atoms with Gasteiger partial charge in [0, 0.05) is 17.8 Å². The van der Waals surface area contributed by atoms with E-state index in [2.05, 4.69) is 5.32 Å². The first-order valence-electron chi connectivity index (χ1n) is 5.01. The summed E-state index contributed by atoms with van der Waals surface area (Å²) in [6, 6.07) is 7.19. The van der Waals surface area contributed by atoms with Crippen LogP contribution in [0.25, 0.3) is 10.1 Å². The van der Waals surface area contributed by atoms with Crippen LogP contribution in [0.2, 0.25) is 0 Å². The summed E-state index contributed by atoms with van der Waals surface area (Å²) >= 11 is 1.11. The van der Waals surface area contributed by atoms with Gasteiger partial charge >= 0.3 is 4.87 Å². The molecule has 0 spiro atoms. The summed E-state index contributed by atoms with van der Waals surface area (Å²) in [5, 5.41) is 3.54. The quantitative estimate of drug-likeness (QED) is 0.851. The molecule has 0 aliphatic rings. The molecule has 0 fully saturated rings. The smallest absolute Gasteiger partial charge is 0.310 e. The molecule has 1 aromatic carbocycles. The molecule has 84 valence electrons. The highest BCUT2D eigenvalue weighted by Gasteiger charge is 2.06. The summed E-state index contributed by atoms with van der Waals surface area (Å²) in [6.07, 6.45) is 0. The van der Waals surface area contributed by atoms with Crippen LogP contribution in [0, 0.1) is 0 Å². The molecule has 1 aromatic heterocycles. The molecule has 2 aromatic rings. The second-order valence-corrected chi connectivity index (χ2v) is 4.42. The molecule has 0 saturated carbocycles. The van der Waals surface area contributed by atoms with Gasteiger partial charge in [-0.05, 0) is 19.2 Å². The van der Waals surface area contributed by atoms with Crippen LogP contribution in [-0.2, 0) is 6.54 Å². The van der Waals surface area contributed by atoms with Crippen molar-refractivity contribution in [3.8, 4) is 0 Å². The Morgan fingerprint density at radius 1 is 1.31 bits per heavy atom. The zero-order valence-corrected chi connectivity index (χ0v) is 9.71. The minimum absolute atomic E-state index is 0.195. The highest BCUT2D eigenvalue weighted by atomic mass is 32.1. The first kappa shape index (κ1) is 11.0. The molecular formula is C11H12N2O2S. The van der Waals surface area contributed by atoms with Crippen molar-refractivity contribution in [2.24, 2.45) is 0 Å². The first-order valence-corrected chi connectivity index (χ1v) is 5.83. The Hall–Kier alpha value is -1.46. The molecule has 2 rings (SSSR count). The predicted octanol–water partition coefficient (Wildman–Crippen LogP) is 0.643. The minimum atomic E-state index is -0.199. The fraction of sp³-hybridized carbons (Fsp3) is 0.273. The molecule has 4 nitrogen and oxygen atoms in total. The van der Waals surface area contributed by atoms with E-state index < -0.39 is 0 Å². The zero-order chi connectivity index (χ0) is 11.5. The fourth-order valence-electron chi connectivity index (χ4n) is 1.53. The standard InChI is InChI=1S/C11H12N2O2S/c1-12-6-7-13-10(14)8-4-2-3-5-9(8)16-11(13)15/h2-5,12H,6-7H2,1H3. The average molecular weight is 236 g/mol. The van der Waals surface area contributed by atoms with E-state index in [-0.39, 0.29) is 10.4 Å². The lowest BCUT2D eigenvalue weighted by Crippen LogP contribution is -2.34. The highest BCUT2D eigenvalue weighted by Crippen LogP contribution is 2.10. The second kappa shape index (κ2) is 4.59. The molecular weight excluding hydrogens is 224 g/mol. The molecule has 5 heteroatoms. The third kappa shape index (κ3) is 1.91.